The number of nitrogens with zero attached hydrogens (tertiary/aromatic N) is 3. The molecule has 0 aliphatic rings. The fraction of sp³-hybridized carbons (Fsp3) is 0.263. The number of hydrogen-bond donors (Lipinski definition) is 0. The summed E-state index contributed by atoms with van der Waals surface area (Å²) in [7, 11) is 1.72. The molecule has 0 N–H and O–H groups in total. The summed E-state index contributed by atoms with van der Waals surface area (Å²) in [5, 5.41) is 4.80. The van der Waals surface area contributed by atoms with Gasteiger partial charge in [0.2, 0.25) is 0 Å². The van der Waals surface area contributed by atoms with Gasteiger partial charge >= 0.3 is 0 Å². The van der Waals surface area contributed by atoms with Crippen LogP contribution in [-0.2, 0) is 13.1 Å². The molecule has 0 spiro atoms. The number of furan rings is 1. The molecule has 130 valence electrons. The Balaban J connectivity index is 1.81. The Bertz CT molecular complexity index is 867. The molecule has 0 aliphatic carbocycles. The molecule has 0 unspecified atom stereocenters. The Morgan fingerprint density at radius 3 is 2.60 bits per heavy atom. The van der Waals surface area contributed by atoms with Crippen LogP contribution in [0.15, 0.2) is 47.1 Å². The minimum atomic E-state index is -0.172. The minimum absolute atomic E-state index is 0.172. The molecule has 25 heavy (non-hydrogen) atoms. The molecule has 0 radical (unpaired) electrons. The molecule has 5 nitrogen and oxygen atoms in total. The first kappa shape index (κ1) is 17.3. The van der Waals surface area contributed by atoms with Crippen LogP contribution in [0.3, 0.4) is 0 Å². The van der Waals surface area contributed by atoms with Gasteiger partial charge < -0.3 is 9.32 Å². The molecule has 6 heteroatoms. The zero-order valence-electron chi connectivity index (χ0n) is 14.5. The number of aryl methyl sites for hydroxylation is 2. The summed E-state index contributed by atoms with van der Waals surface area (Å²) < 4.78 is 6.96. The number of amides is 1. The summed E-state index contributed by atoms with van der Waals surface area (Å²) >= 11 is 6.46. The Kier molecular flexibility index (Phi) is 4.95. The number of hydrogen-bond acceptors (Lipinski definition) is 3. The molecule has 0 atom stereocenters. The lowest BCUT2D eigenvalue weighted by molar-refractivity contribution is 0.0775. The highest BCUT2D eigenvalue weighted by Crippen LogP contribution is 2.23. The predicted molar refractivity (Wildman–Crippen MR) is 96.8 cm³/mol. The number of aromatic nitrogens is 2. The van der Waals surface area contributed by atoms with E-state index >= 15 is 0 Å². The smallest absolute Gasteiger partial charge is 0.259 e. The second kappa shape index (κ2) is 7.15. The van der Waals surface area contributed by atoms with Crippen LogP contribution in [0.2, 0.25) is 5.15 Å². The molecule has 3 aromatic rings. The van der Waals surface area contributed by atoms with E-state index in [4.69, 9.17) is 16.0 Å². The largest absolute Gasteiger partial charge is 0.467 e. The monoisotopic (exact) mass is 357 g/mol. The van der Waals surface area contributed by atoms with Crippen LogP contribution in [0.1, 0.15) is 32.9 Å². The summed E-state index contributed by atoms with van der Waals surface area (Å²) in [6.07, 6.45) is 1.59. The lowest BCUT2D eigenvalue weighted by Crippen LogP contribution is -2.26. The molecule has 0 saturated heterocycles. The maximum absolute atomic E-state index is 12.8. The van der Waals surface area contributed by atoms with Crippen molar-refractivity contribution in [3.05, 3.63) is 76.0 Å². The third-order valence-electron chi connectivity index (χ3n) is 4.05. The topological polar surface area (TPSA) is 51.3 Å². The first-order valence-corrected chi connectivity index (χ1v) is 8.40. The average molecular weight is 358 g/mol. The van der Waals surface area contributed by atoms with Crippen molar-refractivity contribution >= 4 is 17.5 Å². The zero-order valence-corrected chi connectivity index (χ0v) is 15.2. The van der Waals surface area contributed by atoms with Crippen molar-refractivity contribution in [2.75, 3.05) is 7.05 Å². The molecule has 0 saturated carbocycles. The molecule has 0 fully saturated rings. The van der Waals surface area contributed by atoms with Crippen LogP contribution in [0, 0.1) is 13.8 Å². The van der Waals surface area contributed by atoms with Crippen molar-refractivity contribution in [3.8, 4) is 0 Å². The number of carbonyl (C=O) groups is 1. The maximum Gasteiger partial charge on any atom is 0.259 e. The fourth-order valence-corrected chi connectivity index (χ4v) is 2.98. The van der Waals surface area contributed by atoms with Crippen LogP contribution < -0.4 is 0 Å². The van der Waals surface area contributed by atoms with E-state index in [1.165, 1.54) is 5.56 Å². The van der Waals surface area contributed by atoms with Crippen molar-refractivity contribution < 1.29 is 9.21 Å². The summed E-state index contributed by atoms with van der Waals surface area (Å²) in [5.74, 6) is 0.547. The second-order valence-corrected chi connectivity index (χ2v) is 6.49. The van der Waals surface area contributed by atoms with Gasteiger partial charge in [0.15, 0.2) is 0 Å². The summed E-state index contributed by atoms with van der Waals surface area (Å²) in [5.41, 5.74) is 3.33. The summed E-state index contributed by atoms with van der Waals surface area (Å²) in [4.78, 5) is 14.3. The predicted octanol–water partition coefficient (Wildman–Crippen LogP) is 4.07. The van der Waals surface area contributed by atoms with Crippen LogP contribution in [0.4, 0.5) is 0 Å². The normalized spacial score (nSPS) is 10.9. The SMILES string of the molecule is Cc1ccc(Cn2nc(C)c(C(=O)N(C)Cc3ccco3)c2Cl)cc1. The van der Waals surface area contributed by atoms with Crippen LogP contribution in [0.5, 0.6) is 0 Å². The van der Waals surface area contributed by atoms with Gasteiger partial charge in [-0.1, -0.05) is 41.4 Å². The second-order valence-electron chi connectivity index (χ2n) is 6.14. The van der Waals surface area contributed by atoms with Gasteiger partial charge in [-0.15, -0.1) is 0 Å². The lowest BCUT2D eigenvalue weighted by atomic mass is 10.1. The minimum Gasteiger partial charge on any atom is -0.467 e. The maximum atomic E-state index is 12.8. The fourth-order valence-electron chi connectivity index (χ4n) is 2.67. The Morgan fingerprint density at radius 1 is 1.24 bits per heavy atom. The van der Waals surface area contributed by atoms with Crippen molar-refractivity contribution in [1.29, 1.82) is 0 Å². The standard InChI is InChI=1S/C19H20ClN3O2/c1-13-6-8-15(9-7-13)11-23-18(20)17(14(2)21-23)19(24)22(3)12-16-5-4-10-25-16/h4-10H,11-12H2,1-3H3. The van der Waals surface area contributed by atoms with E-state index in [-0.39, 0.29) is 5.91 Å². The lowest BCUT2D eigenvalue weighted by Gasteiger charge is -2.15. The summed E-state index contributed by atoms with van der Waals surface area (Å²) in [6, 6.07) is 11.8. The third kappa shape index (κ3) is 3.77. The average Bonchev–Trinajstić information content (AvgIpc) is 3.17. The van der Waals surface area contributed by atoms with Gasteiger partial charge in [-0.05, 0) is 31.5 Å². The summed E-state index contributed by atoms with van der Waals surface area (Å²) in [6.45, 7) is 4.74. The molecule has 3 rings (SSSR count). The Morgan fingerprint density at radius 2 is 1.96 bits per heavy atom. The molecule has 1 aromatic carbocycles. The van der Waals surface area contributed by atoms with E-state index < -0.39 is 0 Å². The van der Waals surface area contributed by atoms with Gasteiger partial charge in [0.05, 0.1) is 30.6 Å². The van der Waals surface area contributed by atoms with Gasteiger partial charge in [0.1, 0.15) is 10.9 Å². The molecule has 1 amide bonds. The number of rotatable bonds is 5. The third-order valence-corrected chi connectivity index (χ3v) is 4.44. The van der Waals surface area contributed by atoms with Gasteiger partial charge in [-0.25, -0.2) is 4.68 Å². The van der Waals surface area contributed by atoms with Gasteiger partial charge in [-0.2, -0.15) is 5.10 Å². The highest BCUT2D eigenvalue weighted by atomic mass is 35.5. The molecule has 0 bridgehead atoms. The molecule has 0 aliphatic heterocycles. The van der Waals surface area contributed by atoms with Crippen LogP contribution >= 0.6 is 11.6 Å². The van der Waals surface area contributed by atoms with E-state index in [0.717, 1.165) is 11.3 Å². The quantitative estimate of drug-likeness (QED) is 0.691. The highest BCUT2D eigenvalue weighted by Gasteiger charge is 2.23. The number of carbonyl (C=O) groups excluding carboxylic acids is 1. The van der Waals surface area contributed by atoms with Crippen molar-refractivity contribution in [3.63, 3.8) is 0 Å². The number of benzene rings is 1. The van der Waals surface area contributed by atoms with E-state index in [1.54, 1.807) is 35.9 Å². The van der Waals surface area contributed by atoms with E-state index in [9.17, 15) is 4.79 Å². The van der Waals surface area contributed by atoms with Crippen LogP contribution in [0.25, 0.3) is 0 Å². The Labute approximate surface area is 151 Å². The Hall–Kier alpha value is -2.53. The molecule has 2 heterocycles. The van der Waals surface area contributed by atoms with E-state index in [2.05, 4.69) is 5.10 Å². The van der Waals surface area contributed by atoms with E-state index in [1.807, 2.05) is 37.3 Å². The molecular formula is C19H20ClN3O2. The van der Waals surface area contributed by atoms with E-state index in [0.29, 0.717) is 29.5 Å². The molecular weight excluding hydrogens is 338 g/mol. The highest BCUT2D eigenvalue weighted by molar-refractivity contribution is 6.33. The van der Waals surface area contributed by atoms with Gasteiger partial charge in [-0.3, -0.25) is 4.79 Å². The van der Waals surface area contributed by atoms with Crippen molar-refractivity contribution in [2.45, 2.75) is 26.9 Å². The molecule has 2 aromatic heterocycles. The first-order chi connectivity index (χ1) is 12.0. The van der Waals surface area contributed by atoms with Crippen molar-refractivity contribution in [2.24, 2.45) is 0 Å². The van der Waals surface area contributed by atoms with Crippen molar-refractivity contribution in [1.82, 2.24) is 14.7 Å². The zero-order chi connectivity index (χ0) is 18.0. The van der Waals surface area contributed by atoms with Crippen LogP contribution in [-0.4, -0.2) is 27.6 Å². The van der Waals surface area contributed by atoms with Gasteiger partial charge in [0.25, 0.3) is 5.91 Å². The first-order valence-electron chi connectivity index (χ1n) is 8.02. The van der Waals surface area contributed by atoms with Gasteiger partial charge in [0, 0.05) is 7.05 Å². The number of halogens is 1.